The number of halogens is 1. The van der Waals surface area contributed by atoms with Crippen molar-refractivity contribution in [1.29, 1.82) is 0 Å². The second kappa shape index (κ2) is 8.53. The zero-order valence-electron chi connectivity index (χ0n) is 10.9. The van der Waals surface area contributed by atoms with Crippen LogP contribution >= 0.6 is 11.6 Å². The van der Waals surface area contributed by atoms with E-state index in [4.69, 9.17) is 21.5 Å². The van der Waals surface area contributed by atoms with Crippen LogP contribution in [0.25, 0.3) is 0 Å². The summed E-state index contributed by atoms with van der Waals surface area (Å²) in [5.41, 5.74) is 1.20. The molecule has 0 saturated heterocycles. The summed E-state index contributed by atoms with van der Waals surface area (Å²) in [7, 11) is 0. The van der Waals surface area contributed by atoms with Crippen LogP contribution in [0.3, 0.4) is 0 Å². The van der Waals surface area contributed by atoms with E-state index >= 15 is 0 Å². The van der Waals surface area contributed by atoms with Crippen molar-refractivity contribution in [2.45, 2.75) is 32.6 Å². The van der Waals surface area contributed by atoms with Crippen LogP contribution < -0.4 is 0 Å². The highest BCUT2D eigenvalue weighted by molar-refractivity contribution is 6.34. The fraction of sp³-hybridized carbons (Fsp3) is 0.429. The first-order valence-corrected chi connectivity index (χ1v) is 6.61. The third-order valence-corrected chi connectivity index (χ3v) is 2.84. The van der Waals surface area contributed by atoms with Crippen LogP contribution in [0.5, 0.6) is 0 Å². The largest absolute Gasteiger partial charge is 0.477 e. The Kier molecular flexibility index (Phi) is 6.97. The zero-order chi connectivity index (χ0) is 14.1. The Labute approximate surface area is 118 Å². The molecule has 0 fully saturated rings. The van der Waals surface area contributed by atoms with Crippen molar-refractivity contribution in [2.75, 3.05) is 6.61 Å². The lowest BCUT2D eigenvalue weighted by Gasteiger charge is -2.02. The number of aryl methyl sites for hydroxylation is 1. The number of aliphatic carboxylic acids is 1. The maximum Gasteiger partial charge on any atom is 0.353 e. The van der Waals surface area contributed by atoms with Crippen LogP contribution in [0.2, 0.25) is 5.02 Å². The first kappa shape index (κ1) is 15.5. The van der Waals surface area contributed by atoms with Crippen molar-refractivity contribution < 1.29 is 14.7 Å². The molecule has 0 radical (unpaired) electrons. The van der Waals surface area contributed by atoms with Gasteiger partial charge in [-0.1, -0.05) is 28.9 Å². The molecule has 104 valence electrons. The van der Waals surface area contributed by atoms with Gasteiger partial charge in [-0.15, -0.1) is 0 Å². The molecular weight excluding hydrogens is 266 g/mol. The second-order valence-electron chi connectivity index (χ2n) is 4.26. The number of unbranched alkanes of at least 4 members (excludes halogenated alkanes) is 2. The Balaban J connectivity index is 2.09. The van der Waals surface area contributed by atoms with E-state index in [0.29, 0.717) is 6.61 Å². The molecule has 1 N–H and O–H groups in total. The molecule has 0 aliphatic rings. The molecule has 0 bridgehead atoms. The van der Waals surface area contributed by atoms with E-state index in [1.165, 1.54) is 12.5 Å². The lowest BCUT2D eigenvalue weighted by molar-refractivity contribution is -0.129. The van der Waals surface area contributed by atoms with Gasteiger partial charge in [-0.2, -0.15) is 0 Å². The van der Waals surface area contributed by atoms with E-state index in [2.05, 4.69) is 11.2 Å². The predicted octanol–water partition coefficient (Wildman–Crippen LogP) is 3.53. The summed E-state index contributed by atoms with van der Waals surface area (Å²) in [6.45, 7) is 1.85. The van der Waals surface area contributed by atoms with Crippen LogP contribution in [0.1, 0.15) is 31.7 Å². The van der Waals surface area contributed by atoms with E-state index in [1.807, 2.05) is 18.2 Å². The Morgan fingerprint density at radius 2 is 2.16 bits per heavy atom. The van der Waals surface area contributed by atoms with Crippen LogP contribution in [0.4, 0.5) is 0 Å². The molecular formula is C14H18ClNO3. The smallest absolute Gasteiger partial charge is 0.353 e. The number of hydrogen-bond acceptors (Lipinski definition) is 3. The van der Waals surface area contributed by atoms with Crippen molar-refractivity contribution in [2.24, 2.45) is 5.16 Å². The first-order valence-electron chi connectivity index (χ1n) is 6.24. The number of carboxylic acids is 1. The molecule has 0 amide bonds. The number of benzene rings is 1. The molecule has 0 heterocycles. The average molecular weight is 284 g/mol. The fourth-order valence-corrected chi connectivity index (χ4v) is 1.76. The molecule has 0 aromatic heterocycles. The van der Waals surface area contributed by atoms with Crippen molar-refractivity contribution in [3.63, 3.8) is 0 Å². The van der Waals surface area contributed by atoms with Crippen LogP contribution in [0, 0.1) is 0 Å². The molecule has 1 rings (SSSR count). The number of rotatable bonds is 8. The highest BCUT2D eigenvalue weighted by atomic mass is 35.5. The monoisotopic (exact) mass is 283 g/mol. The Bertz CT molecular complexity index is 446. The SMILES string of the molecule is C/C(=N\OCCCCCc1cccc(Cl)c1)C(=O)O. The van der Waals surface area contributed by atoms with Gasteiger partial charge in [0, 0.05) is 5.02 Å². The molecule has 1 aromatic rings. The van der Waals surface area contributed by atoms with Gasteiger partial charge in [-0.25, -0.2) is 4.79 Å². The summed E-state index contributed by atoms with van der Waals surface area (Å²) >= 11 is 5.90. The fourth-order valence-electron chi connectivity index (χ4n) is 1.55. The highest BCUT2D eigenvalue weighted by Gasteiger charge is 2.01. The molecule has 0 aliphatic heterocycles. The summed E-state index contributed by atoms with van der Waals surface area (Å²) < 4.78 is 0. The predicted molar refractivity (Wildman–Crippen MR) is 75.7 cm³/mol. The first-order chi connectivity index (χ1) is 9.09. The quantitative estimate of drug-likeness (QED) is 0.451. The summed E-state index contributed by atoms with van der Waals surface area (Å²) in [5.74, 6) is -1.05. The van der Waals surface area contributed by atoms with E-state index in [0.717, 1.165) is 30.7 Å². The Morgan fingerprint density at radius 3 is 2.84 bits per heavy atom. The minimum Gasteiger partial charge on any atom is -0.477 e. The van der Waals surface area contributed by atoms with Crippen molar-refractivity contribution >= 4 is 23.3 Å². The molecule has 0 unspecified atom stereocenters. The van der Waals surface area contributed by atoms with Crippen LogP contribution in [-0.2, 0) is 16.1 Å². The normalized spacial score (nSPS) is 11.4. The molecule has 0 aliphatic carbocycles. The zero-order valence-corrected chi connectivity index (χ0v) is 11.7. The molecule has 1 aromatic carbocycles. The third-order valence-electron chi connectivity index (χ3n) is 2.60. The minimum atomic E-state index is -1.05. The topological polar surface area (TPSA) is 58.9 Å². The lowest BCUT2D eigenvalue weighted by atomic mass is 10.1. The van der Waals surface area contributed by atoms with Gasteiger partial charge in [-0.05, 0) is 50.3 Å². The van der Waals surface area contributed by atoms with Gasteiger partial charge < -0.3 is 9.94 Å². The summed E-state index contributed by atoms with van der Waals surface area (Å²) in [6.07, 6.45) is 3.90. The van der Waals surface area contributed by atoms with Gasteiger partial charge in [0.15, 0.2) is 5.71 Å². The standard InChI is InChI=1S/C14H18ClNO3/c1-11(14(17)18)16-19-9-4-2-3-6-12-7-5-8-13(15)10-12/h5,7-8,10H,2-4,6,9H2,1H3,(H,17,18)/b16-11+. The van der Waals surface area contributed by atoms with E-state index in [9.17, 15) is 4.79 Å². The van der Waals surface area contributed by atoms with Gasteiger partial charge >= 0.3 is 5.97 Å². The van der Waals surface area contributed by atoms with E-state index < -0.39 is 5.97 Å². The summed E-state index contributed by atoms with van der Waals surface area (Å²) in [5, 5.41) is 12.8. The van der Waals surface area contributed by atoms with Gasteiger partial charge in [0.05, 0.1) is 0 Å². The van der Waals surface area contributed by atoms with Crippen LogP contribution in [-0.4, -0.2) is 23.4 Å². The number of nitrogens with zero attached hydrogens (tertiary/aromatic N) is 1. The van der Waals surface area contributed by atoms with E-state index in [-0.39, 0.29) is 5.71 Å². The molecule has 0 atom stereocenters. The van der Waals surface area contributed by atoms with Crippen molar-refractivity contribution in [3.8, 4) is 0 Å². The number of oxime groups is 1. The molecule has 19 heavy (non-hydrogen) atoms. The Morgan fingerprint density at radius 1 is 1.37 bits per heavy atom. The van der Waals surface area contributed by atoms with E-state index in [1.54, 1.807) is 0 Å². The Hall–Kier alpha value is -1.55. The second-order valence-corrected chi connectivity index (χ2v) is 4.69. The highest BCUT2D eigenvalue weighted by Crippen LogP contribution is 2.13. The number of carbonyl (C=O) groups is 1. The summed E-state index contributed by atoms with van der Waals surface area (Å²) in [4.78, 5) is 15.3. The van der Waals surface area contributed by atoms with Crippen molar-refractivity contribution in [1.82, 2.24) is 0 Å². The van der Waals surface area contributed by atoms with Gasteiger partial charge in [-0.3, -0.25) is 0 Å². The molecule has 4 nitrogen and oxygen atoms in total. The number of carboxylic acid groups (broad SMARTS) is 1. The van der Waals surface area contributed by atoms with Crippen LogP contribution in [0.15, 0.2) is 29.4 Å². The lowest BCUT2D eigenvalue weighted by Crippen LogP contribution is -2.08. The van der Waals surface area contributed by atoms with Gasteiger partial charge in [0.25, 0.3) is 0 Å². The van der Waals surface area contributed by atoms with Crippen molar-refractivity contribution in [3.05, 3.63) is 34.9 Å². The minimum absolute atomic E-state index is 0.0288. The maximum atomic E-state index is 10.4. The van der Waals surface area contributed by atoms with Gasteiger partial charge in [0.1, 0.15) is 6.61 Å². The third kappa shape index (κ3) is 6.82. The maximum absolute atomic E-state index is 10.4. The molecule has 5 heteroatoms. The average Bonchev–Trinajstić information content (AvgIpc) is 2.37. The number of hydrogen-bond donors (Lipinski definition) is 1. The van der Waals surface area contributed by atoms with Gasteiger partial charge in [0.2, 0.25) is 0 Å². The molecule has 0 spiro atoms. The summed E-state index contributed by atoms with van der Waals surface area (Å²) in [6, 6.07) is 7.84. The molecule has 0 saturated carbocycles.